The molecule has 2 N–H and O–H groups in total. The molecule has 0 aliphatic heterocycles. The van der Waals surface area contributed by atoms with Gasteiger partial charge in [0.25, 0.3) is 0 Å². The maximum Gasteiger partial charge on any atom is 0.140 e. The first-order chi connectivity index (χ1) is 8.04. The second kappa shape index (κ2) is 4.61. The van der Waals surface area contributed by atoms with Crippen LogP contribution in [0.5, 0.6) is 0 Å². The quantitative estimate of drug-likeness (QED) is 0.859. The van der Waals surface area contributed by atoms with Crippen molar-refractivity contribution in [3.8, 4) is 0 Å². The van der Waals surface area contributed by atoms with E-state index in [1.807, 2.05) is 24.7 Å². The zero-order valence-corrected chi connectivity index (χ0v) is 10.6. The van der Waals surface area contributed by atoms with Crippen molar-refractivity contribution in [2.24, 2.45) is 18.2 Å². The molecule has 1 heterocycles. The number of carbonyl (C=O) groups is 1. The van der Waals surface area contributed by atoms with Crippen molar-refractivity contribution in [1.82, 2.24) is 9.55 Å². The molecule has 2 atom stereocenters. The van der Waals surface area contributed by atoms with Crippen LogP contribution >= 0.6 is 0 Å². The lowest BCUT2D eigenvalue weighted by Crippen LogP contribution is -2.41. The van der Waals surface area contributed by atoms with Crippen molar-refractivity contribution in [3.63, 3.8) is 0 Å². The molecule has 4 nitrogen and oxygen atoms in total. The summed E-state index contributed by atoms with van der Waals surface area (Å²) in [6, 6.07) is 0.0383. The van der Waals surface area contributed by atoms with E-state index in [0.717, 1.165) is 25.1 Å². The molecular weight excluding hydrogens is 214 g/mol. The molecule has 0 amide bonds. The van der Waals surface area contributed by atoms with E-state index in [-0.39, 0.29) is 11.5 Å². The number of hydrogen-bond donors (Lipinski definition) is 1. The van der Waals surface area contributed by atoms with E-state index >= 15 is 0 Å². The molecule has 1 aromatic rings. The van der Waals surface area contributed by atoms with Crippen molar-refractivity contribution in [2.75, 3.05) is 0 Å². The molecule has 1 saturated carbocycles. The summed E-state index contributed by atoms with van der Waals surface area (Å²) in [7, 11) is 1.95. The summed E-state index contributed by atoms with van der Waals surface area (Å²) < 4.78 is 1.96. The number of imidazole rings is 1. The Labute approximate surface area is 102 Å². The fourth-order valence-corrected chi connectivity index (χ4v) is 2.69. The highest BCUT2D eigenvalue weighted by Crippen LogP contribution is 2.38. The lowest BCUT2D eigenvalue weighted by atomic mass is 9.79. The lowest BCUT2D eigenvalue weighted by Gasteiger charge is -2.27. The molecule has 2 rings (SSSR count). The Kier molecular flexibility index (Phi) is 3.33. The number of aromatic nitrogens is 2. The van der Waals surface area contributed by atoms with Gasteiger partial charge in [0.15, 0.2) is 0 Å². The van der Waals surface area contributed by atoms with Gasteiger partial charge in [-0.1, -0.05) is 13.3 Å². The van der Waals surface area contributed by atoms with Gasteiger partial charge in [-0.15, -0.1) is 0 Å². The van der Waals surface area contributed by atoms with Gasteiger partial charge in [-0.3, -0.25) is 4.79 Å². The highest BCUT2D eigenvalue weighted by molar-refractivity contribution is 5.85. The van der Waals surface area contributed by atoms with E-state index in [1.54, 1.807) is 6.20 Å². The molecule has 0 bridgehead atoms. The number of hydrogen-bond acceptors (Lipinski definition) is 3. The standard InChI is InChI=1S/C13H21N3O/c1-13(7-3-4-10(13)14)11(17)5-6-12-15-8-9-16(12)2/h8-10H,3-7,14H2,1-2H3. The molecule has 2 unspecified atom stereocenters. The Morgan fingerprint density at radius 1 is 1.71 bits per heavy atom. The summed E-state index contributed by atoms with van der Waals surface area (Å²) >= 11 is 0. The van der Waals surface area contributed by atoms with Gasteiger partial charge in [0.1, 0.15) is 11.6 Å². The van der Waals surface area contributed by atoms with Gasteiger partial charge in [-0.05, 0) is 12.8 Å². The molecule has 17 heavy (non-hydrogen) atoms. The van der Waals surface area contributed by atoms with E-state index in [1.165, 1.54) is 0 Å². The average molecular weight is 235 g/mol. The van der Waals surface area contributed by atoms with Crippen LogP contribution in [0.4, 0.5) is 0 Å². The number of nitrogens with two attached hydrogens (primary N) is 1. The highest BCUT2D eigenvalue weighted by atomic mass is 16.1. The van der Waals surface area contributed by atoms with Crippen molar-refractivity contribution >= 4 is 5.78 Å². The zero-order valence-electron chi connectivity index (χ0n) is 10.6. The van der Waals surface area contributed by atoms with E-state index in [0.29, 0.717) is 18.6 Å². The molecule has 1 fully saturated rings. The number of rotatable bonds is 4. The van der Waals surface area contributed by atoms with Crippen molar-refractivity contribution in [1.29, 1.82) is 0 Å². The van der Waals surface area contributed by atoms with Gasteiger partial charge in [0.05, 0.1) is 0 Å². The summed E-state index contributed by atoms with van der Waals surface area (Å²) in [5.41, 5.74) is 5.75. The zero-order chi connectivity index (χ0) is 12.5. The smallest absolute Gasteiger partial charge is 0.140 e. The second-order valence-corrected chi connectivity index (χ2v) is 5.29. The first-order valence-corrected chi connectivity index (χ1v) is 6.29. The van der Waals surface area contributed by atoms with Gasteiger partial charge in [-0.25, -0.2) is 4.98 Å². The van der Waals surface area contributed by atoms with Gasteiger partial charge >= 0.3 is 0 Å². The number of Topliss-reactive ketones (excluding diaryl/α,β-unsaturated/α-hetero) is 1. The van der Waals surface area contributed by atoms with Crippen LogP contribution < -0.4 is 5.73 Å². The van der Waals surface area contributed by atoms with Crippen LogP contribution in [0.15, 0.2) is 12.4 Å². The molecule has 0 radical (unpaired) electrons. The maximum atomic E-state index is 12.3. The summed E-state index contributed by atoms with van der Waals surface area (Å²) in [6.07, 6.45) is 7.93. The normalized spacial score (nSPS) is 28.5. The Bertz CT molecular complexity index is 413. The summed E-state index contributed by atoms with van der Waals surface area (Å²) in [5, 5.41) is 0. The Hall–Kier alpha value is -1.16. The van der Waals surface area contributed by atoms with Crippen molar-refractivity contribution < 1.29 is 4.79 Å². The molecular formula is C13H21N3O. The molecule has 0 saturated heterocycles. The van der Waals surface area contributed by atoms with Crippen LogP contribution in [-0.4, -0.2) is 21.4 Å². The largest absolute Gasteiger partial charge is 0.338 e. The van der Waals surface area contributed by atoms with E-state index < -0.39 is 0 Å². The third-order valence-corrected chi connectivity index (χ3v) is 4.16. The van der Waals surface area contributed by atoms with Crippen LogP contribution in [0.3, 0.4) is 0 Å². The summed E-state index contributed by atoms with van der Waals surface area (Å²) in [4.78, 5) is 16.5. The van der Waals surface area contributed by atoms with Crippen LogP contribution in [0.1, 0.15) is 38.4 Å². The number of nitrogens with zero attached hydrogens (tertiary/aromatic N) is 2. The second-order valence-electron chi connectivity index (χ2n) is 5.29. The van der Waals surface area contributed by atoms with Gasteiger partial charge in [-0.2, -0.15) is 0 Å². The minimum atomic E-state index is -0.300. The lowest BCUT2D eigenvalue weighted by molar-refractivity contribution is -0.128. The molecule has 1 aromatic heterocycles. The minimum Gasteiger partial charge on any atom is -0.338 e. The SMILES string of the molecule is Cn1ccnc1CCC(=O)C1(C)CCCC1N. The van der Waals surface area contributed by atoms with Crippen molar-refractivity contribution in [2.45, 2.75) is 45.1 Å². The fourth-order valence-electron chi connectivity index (χ4n) is 2.69. The Morgan fingerprint density at radius 2 is 2.47 bits per heavy atom. The fraction of sp³-hybridized carbons (Fsp3) is 0.692. The van der Waals surface area contributed by atoms with Crippen LogP contribution in [-0.2, 0) is 18.3 Å². The predicted molar refractivity (Wildman–Crippen MR) is 66.5 cm³/mol. The molecule has 1 aliphatic rings. The van der Waals surface area contributed by atoms with Gasteiger partial charge in [0, 0.05) is 43.7 Å². The molecule has 94 valence electrons. The minimum absolute atomic E-state index is 0.0383. The number of carbonyl (C=O) groups excluding carboxylic acids is 1. The van der Waals surface area contributed by atoms with E-state index in [4.69, 9.17) is 5.73 Å². The van der Waals surface area contributed by atoms with Gasteiger partial charge < -0.3 is 10.3 Å². The third kappa shape index (κ3) is 2.27. The first-order valence-electron chi connectivity index (χ1n) is 6.29. The highest BCUT2D eigenvalue weighted by Gasteiger charge is 2.41. The molecule has 1 aliphatic carbocycles. The van der Waals surface area contributed by atoms with E-state index in [2.05, 4.69) is 4.98 Å². The number of aryl methyl sites for hydroxylation is 2. The Balaban J connectivity index is 1.96. The van der Waals surface area contributed by atoms with Crippen LogP contribution in [0.25, 0.3) is 0 Å². The maximum absolute atomic E-state index is 12.3. The topological polar surface area (TPSA) is 60.9 Å². The van der Waals surface area contributed by atoms with Crippen LogP contribution in [0, 0.1) is 5.41 Å². The first kappa shape index (κ1) is 12.3. The predicted octanol–water partition coefficient (Wildman–Crippen LogP) is 1.44. The van der Waals surface area contributed by atoms with Crippen molar-refractivity contribution in [3.05, 3.63) is 18.2 Å². The molecule has 0 spiro atoms. The summed E-state index contributed by atoms with van der Waals surface area (Å²) in [6.45, 7) is 2.02. The molecule has 4 heteroatoms. The third-order valence-electron chi connectivity index (χ3n) is 4.16. The molecule has 0 aromatic carbocycles. The summed E-state index contributed by atoms with van der Waals surface area (Å²) in [5.74, 6) is 1.26. The number of ketones is 1. The van der Waals surface area contributed by atoms with Crippen LogP contribution in [0.2, 0.25) is 0 Å². The Morgan fingerprint density at radius 3 is 3.00 bits per heavy atom. The monoisotopic (exact) mass is 235 g/mol. The van der Waals surface area contributed by atoms with Gasteiger partial charge in [0.2, 0.25) is 0 Å². The average Bonchev–Trinajstić information content (AvgIpc) is 2.84. The van der Waals surface area contributed by atoms with E-state index in [9.17, 15) is 4.79 Å².